The molecule has 92 valence electrons. The van der Waals surface area contributed by atoms with Crippen LogP contribution in [0.25, 0.3) is 0 Å². The zero-order chi connectivity index (χ0) is 12.7. The van der Waals surface area contributed by atoms with Gasteiger partial charge in [0.2, 0.25) is 0 Å². The maximum absolute atomic E-state index is 11.1. The first-order chi connectivity index (χ1) is 8.13. The first-order valence-corrected chi connectivity index (χ1v) is 5.73. The van der Waals surface area contributed by atoms with Crippen molar-refractivity contribution in [2.45, 2.75) is 6.92 Å². The number of nitrogens with zero attached hydrogens (tertiary/aromatic N) is 1. The lowest BCUT2D eigenvalue weighted by Crippen LogP contribution is -2.22. The molecule has 6 heteroatoms. The first-order valence-electron chi connectivity index (χ1n) is 4.98. The molecule has 0 aromatic heterocycles. The Bertz CT molecular complexity index is 422. The fourth-order valence-corrected chi connectivity index (χ4v) is 1.46. The first kappa shape index (κ1) is 14.0. The Hall–Kier alpha value is -1.10. The third kappa shape index (κ3) is 5.17. The van der Waals surface area contributed by atoms with Crippen LogP contribution >= 0.6 is 23.2 Å². The van der Waals surface area contributed by atoms with Gasteiger partial charge in [0.1, 0.15) is 6.61 Å². The second-order valence-electron chi connectivity index (χ2n) is 3.10. The van der Waals surface area contributed by atoms with Crippen LogP contribution in [0.3, 0.4) is 0 Å². The van der Waals surface area contributed by atoms with Crippen LogP contribution in [-0.2, 0) is 9.53 Å². The number of hydrogen-bond acceptors (Lipinski definition) is 3. The number of rotatable bonds is 5. The summed E-state index contributed by atoms with van der Waals surface area (Å²) in [5.74, 6) is -0.312. The maximum Gasteiger partial charge on any atom is 0.266 e. The fraction of sp³-hybridized carbons (Fsp3) is 0.273. The summed E-state index contributed by atoms with van der Waals surface area (Å²) < 4.78 is 4.91. The molecule has 0 aliphatic rings. The minimum Gasteiger partial charge on any atom is -0.372 e. The molecule has 1 amide bonds. The average molecular weight is 275 g/mol. The molecule has 0 unspecified atom stereocenters. The van der Waals surface area contributed by atoms with E-state index in [-0.39, 0.29) is 12.5 Å². The van der Waals surface area contributed by atoms with Crippen LogP contribution in [0.15, 0.2) is 23.3 Å². The molecule has 1 aromatic carbocycles. The Kier molecular flexibility index (Phi) is 5.97. The summed E-state index contributed by atoms with van der Waals surface area (Å²) >= 11 is 11.7. The average Bonchev–Trinajstić information content (AvgIpc) is 2.29. The monoisotopic (exact) mass is 274 g/mol. The van der Waals surface area contributed by atoms with E-state index in [4.69, 9.17) is 27.9 Å². The molecule has 0 aliphatic heterocycles. The number of carbonyl (C=O) groups is 1. The van der Waals surface area contributed by atoms with Crippen LogP contribution in [0.4, 0.5) is 0 Å². The second kappa shape index (κ2) is 7.27. The molecule has 0 heterocycles. The summed E-state index contributed by atoms with van der Waals surface area (Å²) in [7, 11) is 0. The lowest BCUT2D eigenvalue weighted by atomic mass is 10.2. The predicted octanol–water partition coefficient (Wildman–Crippen LogP) is 2.48. The fourth-order valence-electron chi connectivity index (χ4n) is 1.01. The minimum absolute atomic E-state index is 0.0117. The smallest absolute Gasteiger partial charge is 0.266 e. The number of hydrogen-bond donors (Lipinski definition) is 1. The van der Waals surface area contributed by atoms with Crippen LogP contribution < -0.4 is 5.43 Å². The molecule has 0 fully saturated rings. The van der Waals surface area contributed by atoms with Gasteiger partial charge in [0.05, 0.1) is 11.2 Å². The van der Waals surface area contributed by atoms with E-state index in [0.717, 1.165) is 0 Å². The van der Waals surface area contributed by atoms with Crippen LogP contribution in [0.2, 0.25) is 10.0 Å². The molecule has 0 atom stereocenters. The summed E-state index contributed by atoms with van der Waals surface area (Å²) in [6.45, 7) is 2.28. The predicted molar refractivity (Wildman–Crippen MR) is 68.7 cm³/mol. The van der Waals surface area contributed by atoms with Crippen molar-refractivity contribution >= 4 is 35.3 Å². The largest absolute Gasteiger partial charge is 0.372 e. The summed E-state index contributed by atoms with van der Waals surface area (Å²) in [4.78, 5) is 11.1. The van der Waals surface area contributed by atoms with Gasteiger partial charge in [-0.3, -0.25) is 4.79 Å². The zero-order valence-corrected chi connectivity index (χ0v) is 10.8. The zero-order valence-electron chi connectivity index (χ0n) is 9.24. The number of halogens is 2. The van der Waals surface area contributed by atoms with Crippen LogP contribution in [0.5, 0.6) is 0 Å². The molecule has 17 heavy (non-hydrogen) atoms. The molecule has 0 aliphatic carbocycles. The van der Waals surface area contributed by atoms with E-state index in [1.165, 1.54) is 6.21 Å². The van der Waals surface area contributed by atoms with Gasteiger partial charge in [0.25, 0.3) is 5.91 Å². The lowest BCUT2D eigenvalue weighted by Gasteiger charge is -2.00. The molecule has 0 bridgehead atoms. The third-order valence-electron chi connectivity index (χ3n) is 1.79. The molecule has 1 aromatic rings. The van der Waals surface area contributed by atoms with Gasteiger partial charge in [-0.05, 0) is 19.1 Å². The molecule has 0 saturated heterocycles. The third-order valence-corrected chi connectivity index (χ3v) is 2.36. The quantitative estimate of drug-likeness (QED) is 0.663. The Morgan fingerprint density at radius 1 is 1.53 bits per heavy atom. The van der Waals surface area contributed by atoms with Crippen LogP contribution in [0.1, 0.15) is 12.5 Å². The lowest BCUT2D eigenvalue weighted by molar-refractivity contribution is -0.125. The maximum atomic E-state index is 11.1. The van der Waals surface area contributed by atoms with E-state index in [1.54, 1.807) is 18.2 Å². The van der Waals surface area contributed by atoms with E-state index < -0.39 is 0 Å². The van der Waals surface area contributed by atoms with E-state index in [0.29, 0.717) is 22.2 Å². The highest BCUT2D eigenvalue weighted by Gasteiger charge is 1.99. The molecule has 0 spiro atoms. The highest BCUT2D eigenvalue weighted by Crippen LogP contribution is 2.19. The van der Waals surface area contributed by atoms with E-state index in [2.05, 4.69) is 10.5 Å². The highest BCUT2D eigenvalue weighted by atomic mass is 35.5. The van der Waals surface area contributed by atoms with Gasteiger partial charge < -0.3 is 4.74 Å². The Morgan fingerprint density at radius 3 is 2.94 bits per heavy atom. The van der Waals surface area contributed by atoms with Crippen molar-refractivity contribution in [1.29, 1.82) is 0 Å². The Labute approximate surface area is 110 Å². The number of amides is 1. The topological polar surface area (TPSA) is 50.7 Å². The SMILES string of the molecule is CCOCC(=O)N/N=C/c1ccc(Cl)cc1Cl. The summed E-state index contributed by atoms with van der Waals surface area (Å²) in [6.07, 6.45) is 1.45. The van der Waals surface area contributed by atoms with Crippen molar-refractivity contribution in [2.24, 2.45) is 5.10 Å². The van der Waals surface area contributed by atoms with Crippen molar-refractivity contribution in [1.82, 2.24) is 5.43 Å². The summed E-state index contributed by atoms with van der Waals surface area (Å²) in [5, 5.41) is 4.77. The summed E-state index contributed by atoms with van der Waals surface area (Å²) in [6, 6.07) is 5.01. The van der Waals surface area contributed by atoms with E-state index in [1.807, 2.05) is 6.92 Å². The van der Waals surface area contributed by atoms with Gasteiger partial charge in [-0.25, -0.2) is 5.43 Å². The molecular formula is C11H12Cl2N2O2. The summed E-state index contributed by atoms with van der Waals surface area (Å²) in [5.41, 5.74) is 3.00. The molecule has 0 saturated carbocycles. The van der Waals surface area contributed by atoms with Gasteiger partial charge in [0, 0.05) is 17.2 Å². The van der Waals surface area contributed by atoms with Gasteiger partial charge in [-0.2, -0.15) is 5.10 Å². The molecule has 1 N–H and O–H groups in total. The van der Waals surface area contributed by atoms with Gasteiger partial charge >= 0.3 is 0 Å². The van der Waals surface area contributed by atoms with Crippen molar-refractivity contribution in [2.75, 3.05) is 13.2 Å². The van der Waals surface area contributed by atoms with Crippen molar-refractivity contribution < 1.29 is 9.53 Å². The number of carbonyl (C=O) groups excluding carboxylic acids is 1. The van der Waals surface area contributed by atoms with Crippen molar-refractivity contribution in [3.05, 3.63) is 33.8 Å². The van der Waals surface area contributed by atoms with Gasteiger partial charge in [-0.1, -0.05) is 29.3 Å². The molecule has 4 nitrogen and oxygen atoms in total. The second-order valence-corrected chi connectivity index (χ2v) is 3.94. The van der Waals surface area contributed by atoms with E-state index in [9.17, 15) is 4.79 Å². The number of benzene rings is 1. The highest BCUT2D eigenvalue weighted by molar-refractivity contribution is 6.36. The Morgan fingerprint density at radius 2 is 2.29 bits per heavy atom. The van der Waals surface area contributed by atoms with Gasteiger partial charge in [-0.15, -0.1) is 0 Å². The molecular weight excluding hydrogens is 263 g/mol. The van der Waals surface area contributed by atoms with Gasteiger partial charge in [0.15, 0.2) is 0 Å². The van der Waals surface area contributed by atoms with Crippen LogP contribution in [-0.4, -0.2) is 25.3 Å². The standard InChI is InChI=1S/C11H12Cl2N2O2/c1-2-17-7-11(16)15-14-6-8-3-4-9(12)5-10(8)13/h3-6H,2,7H2,1H3,(H,15,16)/b14-6+. The number of ether oxygens (including phenoxy) is 1. The Balaban J connectivity index is 2.50. The molecule has 1 rings (SSSR count). The van der Waals surface area contributed by atoms with Crippen molar-refractivity contribution in [3.63, 3.8) is 0 Å². The van der Waals surface area contributed by atoms with Crippen molar-refractivity contribution in [3.8, 4) is 0 Å². The number of nitrogens with one attached hydrogen (secondary N) is 1. The number of hydrazone groups is 1. The van der Waals surface area contributed by atoms with Crippen LogP contribution in [0, 0.1) is 0 Å². The van der Waals surface area contributed by atoms with E-state index >= 15 is 0 Å². The molecule has 0 radical (unpaired) electrons. The minimum atomic E-state index is -0.312. The normalized spacial score (nSPS) is 10.8.